The first kappa shape index (κ1) is 20.1. The van der Waals surface area contributed by atoms with Crippen LogP contribution in [0.5, 0.6) is 0 Å². The molecule has 0 aliphatic rings. The summed E-state index contributed by atoms with van der Waals surface area (Å²) in [6.45, 7) is 0.0526. The molecule has 0 aliphatic carbocycles. The van der Waals surface area contributed by atoms with Gasteiger partial charge in [0.1, 0.15) is 12.6 Å². The Morgan fingerprint density at radius 1 is 0.862 bits per heavy atom. The molecule has 0 aromatic heterocycles. The average Bonchev–Trinajstić information content (AvgIpc) is 2.72. The van der Waals surface area contributed by atoms with Crippen molar-refractivity contribution in [3.05, 3.63) is 83.9 Å². The zero-order chi connectivity index (χ0) is 20.6. The first-order valence-electron chi connectivity index (χ1n) is 9.20. The molecule has 0 saturated carbocycles. The van der Waals surface area contributed by atoms with E-state index in [9.17, 15) is 19.5 Å². The second-order valence-electron chi connectivity index (χ2n) is 6.67. The number of hydrogen-bond donors (Lipinski definition) is 2. The van der Waals surface area contributed by atoms with Crippen LogP contribution in [-0.4, -0.2) is 29.0 Å². The number of ether oxygens (including phenoxy) is 1. The molecule has 0 fully saturated rings. The molecule has 3 aromatic rings. The fraction of sp³-hybridized carbons (Fsp3) is 0.174. The van der Waals surface area contributed by atoms with Crippen LogP contribution in [0.4, 0.5) is 0 Å². The number of esters is 1. The van der Waals surface area contributed by atoms with Crippen molar-refractivity contribution in [2.45, 2.75) is 25.5 Å². The van der Waals surface area contributed by atoms with Crippen molar-refractivity contribution in [3.63, 3.8) is 0 Å². The van der Waals surface area contributed by atoms with Crippen molar-refractivity contribution in [1.29, 1.82) is 0 Å². The van der Waals surface area contributed by atoms with Gasteiger partial charge in [-0.2, -0.15) is 0 Å². The van der Waals surface area contributed by atoms with Gasteiger partial charge in [0, 0.05) is 0 Å². The monoisotopic (exact) mass is 391 g/mol. The van der Waals surface area contributed by atoms with E-state index < -0.39 is 30.3 Å². The highest BCUT2D eigenvalue weighted by atomic mass is 16.5. The van der Waals surface area contributed by atoms with Crippen molar-refractivity contribution in [3.8, 4) is 0 Å². The molecule has 2 N–H and O–H groups in total. The van der Waals surface area contributed by atoms with E-state index in [2.05, 4.69) is 5.32 Å². The summed E-state index contributed by atoms with van der Waals surface area (Å²) in [5.74, 6) is -2.44. The summed E-state index contributed by atoms with van der Waals surface area (Å²) in [4.78, 5) is 35.7. The van der Waals surface area contributed by atoms with Gasteiger partial charge in [-0.3, -0.25) is 9.59 Å². The Morgan fingerprint density at radius 3 is 2.28 bits per heavy atom. The van der Waals surface area contributed by atoms with Crippen molar-refractivity contribution < 1.29 is 24.2 Å². The van der Waals surface area contributed by atoms with Gasteiger partial charge in [-0.15, -0.1) is 0 Å². The molecule has 3 rings (SSSR count). The number of hydrogen-bond acceptors (Lipinski definition) is 4. The fourth-order valence-corrected chi connectivity index (χ4v) is 2.94. The molecule has 3 aromatic carbocycles. The number of amides is 1. The molecule has 1 amide bonds. The molecule has 0 aliphatic heterocycles. The van der Waals surface area contributed by atoms with Crippen LogP contribution in [0.3, 0.4) is 0 Å². The van der Waals surface area contributed by atoms with Crippen LogP contribution in [0.15, 0.2) is 72.8 Å². The maximum Gasteiger partial charge on any atom is 0.326 e. The summed E-state index contributed by atoms with van der Waals surface area (Å²) >= 11 is 0. The SMILES string of the molecule is O=C(Cc1ccc2ccccc2c1)N[C@H](CC(=O)OCc1ccccc1)C(=O)O. The van der Waals surface area contributed by atoms with E-state index in [0.717, 1.165) is 21.9 Å². The van der Waals surface area contributed by atoms with Crippen LogP contribution < -0.4 is 5.32 Å². The van der Waals surface area contributed by atoms with E-state index in [1.807, 2.05) is 60.7 Å². The lowest BCUT2D eigenvalue weighted by molar-refractivity contribution is -0.151. The highest BCUT2D eigenvalue weighted by Gasteiger charge is 2.24. The maximum atomic E-state index is 12.3. The minimum atomic E-state index is -1.34. The lowest BCUT2D eigenvalue weighted by Gasteiger charge is -2.14. The summed E-state index contributed by atoms with van der Waals surface area (Å²) in [5.41, 5.74) is 1.56. The van der Waals surface area contributed by atoms with Gasteiger partial charge in [0.15, 0.2) is 0 Å². The number of fused-ring (bicyclic) bond motifs is 1. The minimum absolute atomic E-state index is 0.0215. The molecule has 29 heavy (non-hydrogen) atoms. The second-order valence-corrected chi connectivity index (χ2v) is 6.67. The molecule has 6 nitrogen and oxygen atoms in total. The highest BCUT2D eigenvalue weighted by molar-refractivity contribution is 5.89. The Kier molecular flexibility index (Phi) is 6.58. The molecule has 0 bridgehead atoms. The third-order valence-electron chi connectivity index (χ3n) is 4.43. The molecule has 0 saturated heterocycles. The largest absolute Gasteiger partial charge is 0.480 e. The van der Waals surface area contributed by atoms with E-state index in [1.165, 1.54) is 0 Å². The molecule has 6 heteroatoms. The van der Waals surface area contributed by atoms with E-state index in [-0.39, 0.29) is 13.0 Å². The van der Waals surface area contributed by atoms with E-state index in [0.29, 0.717) is 0 Å². The Bertz CT molecular complexity index is 1020. The minimum Gasteiger partial charge on any atom is -0.480 e. The second kappa shape index (κ2) is 9.50. The number of carboxylic acids is 1. The number of aliphatic carboxylic acids is 1. The predicted octanol–water partition coefficient (Wildman–Crippen LogP) is 3.09. The van der Waals surface area contributed by atoms with Crippen LogP contribution in [0.2, 0.25) is 0 Å². The summed E-state index contributed by atoms with van der Waals surface area (Å²) in [5, 5.41) is 13.8. The number of carboxylic acid groups (broad SMARTS) is 1. The fourth-order valence-electron chi connectivity index (χ4n) is 2.94. The predicted molar refractivity (Wildman–Crippen MR) is 108 cm³/mol. The number of rotatable bonds is 8. The molecular formula is C23H21NO5. The summed E-state index contributed by atoms with van der Waals surface area (Å²) in [6, 6.07) is 21.1. The smallest absolute Gasteiger partial charge is 0.326 e. The van der Waals surface area contributed by atoms with Crippen molar-refractivity contribution in [2.75, 3.05) is 0 Å². The van der Waals surface area contributed by atoms with Crippen molar-refractivity contribution in [2.24, 2.45) is 0 Å². The average molecular weight is 391 g/mol. The van der Waals surface area contributed by atoms with Crippen molar-refractivity contribution >= 4 is 28.6 Å². The topological polar surface area (TPSA) is 92.7 Å². The molecule has 0 unspecified atom stereocenters. The molecule has 1 atom stereocenters. The van der Waals surface area contributed by atoms with Gasteiger partial charge in [-0.05, 0) is 21.9 Å². The van der Waals surface area contributed by atoms with Gasteiger partial charge in [0.05, 0.1) is 12.8 Å². The summed E-state index contributed by atoms with van der Waals surface area (Å²) in [6.07, 6.45) is -0.417. The molecule has 0 heterocycles. The van der Waals surface area contributed by atoms with Crippen LogP contribution in [0.1, 0.15) is 17.5 Å². The van der Waals surface area contributed by atoms with E-state index in [1.54, 1.807) is 12.1 Å². The number of benzene rings is 3. The van der Waals surface area contributed by atoms with Gasteiger partial charge < -0.3 is 15.2 Å². The first-order valence-corrected chi connectivity index (χ1v) is 9.20. The number of carbonyl (C=O) groups is 3. The van der Waals surface area contributed by atoms with Crippen LogP contribution in [-0.2, 0) is 32.1 Å². The highest BCUT2D eigenvalue weighted by Crippen LogP contribution is 2.16. The Morgan fingerprint density at radius 2 is 1.55 bits per heavy atom. The summed E-state index contributed by atoms with van der Waals surface area (Å²) < 4.78 is 5.10. The van der Waals surface area contributed by atoms with Gasteiger partial charge in [-0.25, -0.2) is 4.79 Å². The van der Waals surface area contributed by atoms with Gasteiger partial charge in [0.25, 0.3) is 0 Å². The van der Waals surface area contributed by atoms with Gasteiger partial charge in [-0.1, -0.05) is 72.8 Å². The van der Waals surface area contributed by atoms with Crippen LogP contribution in [0, 0.1) is 0 Å². The molecule has 148 valence electrons. The van der Waals surface area contributed by atoms with Gasteiger partial charge >= 0.3 is 11.9 Å². The lowest BCUT2D eigenvalue weighted by Crippen LogP contribution is -2.43. The maximum absolute atomic E-state index is 12.3. The van der Waals surface area contributed by atoms with Crippen LogP contribution in [0.25, 0.3) is 10.8 Å². The quantitative estimate of drug-likeness (QED) is 0.576. The molecular weight excluding hydrogens is 370 g/mol. The standard InChI is InChI=1S/C23H21NO5/c25-21(13-17-10-11-18-8-4-5-9-19(18)12-17)24-20(23(27)28)14-22(26)29-15-16-6-2-1-3-7-16/h1-12,20H,13-15H2,(H,24,25)(H,27,28)/t20-/m1/s1. The van der Waals surface area contributed by atoms with E-state index in [4.69, 9.17) is 4.74 Å². The number of carbonyl (C=O) groups excluding carboxylic acids is 2. The van der Waals surface area contributed by atoms with E-state index >= 15 is 0 Å². The zero-order valence-corrected chi connectivity index (χ0v) is 15.7. The van der Waals surface area contributed by atoms with Gasteiger partial charge in [0.2, 0.25) is 5.91 Å². The molecule has 0 radical (unpaired) electrons. The lowest BCUT2D eigenvalue weighted by atomic mass is 10.0. The normalized spacial score (nSPS) is 11.6. The number of nitrogens with one attached hydrogen (secondary N) is 1. The third-order valence-corrected chi connectivity index (χ3v) is 4.43. The molecule has 0 spiro atoms. The van der Waals surface area contributed by atoms with Crippen molar-refractivity contribution in [1.82, 2.24) is 5.32 Å². The first-order chi connectivity index (χ1) is 14.0. The Labute approximate surface area is 168 Å². The summed E-state index contributed by atoms with van der Waals surface area (Å²) in [7, 11) is 0. The van der Waals surface area contributed by atoms with Crippen LogP contribution >= 0.6 is 0 Å². The zero-order valence-electron chi connectivity index (χ0n) is 15.7. The Balaban J connectivity index is 1.55. The third kappa shape index (κ3) is 5.90. The Hall–Kier alpha value is -3.67.